The van der Waals surface area contributed by atoms with Gasteiger partial charge in [-0.3, -0.25) is 46.4 Å². The molecule has 0 spiro atoms. The molecular weight excluding hydrogens is 826 g/mol. The molecule has 0 atom stereocenters. The van der Waals surface area contributed by atoms with E-state index in [1.54, 1.807) is 95.2 Å². The minimum absolute atomic E-state index is 0.388. The molecule has 0 aromatic heterocycles. The Morgan fingerprint density at radius 1 is 0.410 bits per heavy atom. The predicted octanol–water partition coefficient (Wildman–Crippen LogP) is 12.5. The smallest absolute Gasteiger partial charge is 0.355 e. The van der Waals surface area contributed by atoms with Gasteiger partial charge in [-0.1, -0.05) is 46.6 Å². The fraction of sp³-hybridized carbons (Fsp3) is 0.733. The second-order valence-electron chi connectivity index (χ2n) is 19.8. The highest BCUT2D eigenvalue weighted by atomic mass is 31.2. The summed E-state index contributed by atoms with van der Waals surface area (Å²) in [7, 11) is -10.3. The fourth-order valence-corrected chi connectivity index (χ4v) is 9.78. The van der Waals surface area contributed by atoms with E-state index in [9.17, 15) is 19.2 Å². The molecule has 61 heavy (non-hydrogen) atoms. The summed E-state index contributed by atoms with van der Waals surface area (Å²) in [5.74, 6) is -2.86. The molecule has 0 saturated carbocycles. The van der Waals surface area contributed by atoms with Crippen molar-refractivity contribution >= 4 is 39.1 Å². The monoisotopic (exact) mass is 904 g/mol. The first kappa shape index (κ1) is 58.1. The normalized spacial score (nSPS) is 13.6. The summed E-state index contributed by atoms with van der Waals surface area (Å²) in [5, 5.41) is 0. The van der Waals surface area contributed by atoms with Gasteiger partial charge in [0.15, 0.2) is 4.90 Å². The molecule has 0 N–H and O–H groups in total. The van der Waals surface area contributed by atoms with Gasteiger partial charge in [-0.05, 0) is 163 Å². The molecule has 0 aromatic carbocycles. The van der Waals surface area contributed by atoms with Gasteiger partial charge in [0.25, 0.3) is 0 Å². The average molecular weight is 905 g/mol. The Labute approximate surface area is 367 Å². The zero-order valence-electron chi connectivity index (χ0n) is 40.5. The second-order valence-corrected chi connectivity index (χ2v) is 24.9. The average Bonchev–Trinajstić information content (AvgIpc) is 3.09. The van der Waals surface area contributed by atoms with Crippen LogP contribution in [-0.2, 0) is 65.4 Å². The highest BCUT2D eigenvalue weighted by Crippen LogP contribution is 2.80. The summed E-state index contributed by atoms with van der Waals surface area (Å²) in [6.07, 6.45) is 9.16. The van der Waals surface area contributed by atoms with E-state index in [1.807, 2.05) is 41.5 Å². The molecule has 0 heterocycles. The van der Waals surface area contributed by atoms with Crippen LogP contribution in [0.15, 0.2) is 46.6 Å². The van der Waals surface area contributed by atoms with Crippen molar-refractivity contribution in [3.05, 3.63) is 46.6 Å². The predicted molar refractivity (Wildman–Crippen MR) is 238 cm³/mol. The molecule has 0 fully saturated rings. The zero-order chi connectivity index (χ0) is 47.7. The van der Waals surface area contributed by atoms with Crippen LogP contribution in [0, 0.1) is 21.7 Å². The Balaban J connectivity index is 8.37. The van der Waals surface area contributed by atoms with E-state index in [1.165, 1.54) is 0 Å². The minimum atomic E-state index is -5.15. The maximum absolute atomic E-state index is 16.0. The Morgan fingerprint density at radius 2 is 0.639 bits per heavy atom. The van der Waals surface area contributed by atoms with Crippen LogP contribution in [0.1, 0.15) is 163 Å². The quantitative estimate of drug-likeness (QED) is 0.0294. The van der Waals surface area contributed by atoms with Crippen molar-refractivity contribution in [2.45, 2.75) is 168 Å². The number of hydrogen-bond donors (Lipinski definition) is 0. The van der Waals surface area contributed by atoms with E-state index >= 15 is 9.13 Å². The van der Waals surface area contributed by atoms with Crippen LogP contribution >= 0.6 is 15.2 Å². The van der Waals surface area contributed by atoms with E-state index in [2.05, 4.69) is 12.2 Å². The van der Waals surface area contributed by atoms with Crippen LogP contribution in [0.2, 0.25) is 0 Å². The molecule has 16 heteroatoms. The van der Waals surface area contributed by atoms with Crippen LogP contribution in [0.5, 0.6) is 0 Å². The molecule has 14 nitrogen and oxygen atoms in total. The summed E-state index contributed by atoms with van der Waals surface area (Å²) in [6, 6.07) is 0. The topological polar surface area (TPSA) is 176 Å². The van der Waals surface area contributed by atoms with Gasteiger partial charge in [0, 0.05) is 0 Å². The number of allylic oxidation sites excluding steroid dienone is 8. The third kappa shape index (κ3) is 20.9. The molecule has 0 aromatic rings. The van der Waals surface area contributed by atoms with Gasteiger partial charge in [-0.25, -0.2) is 0 Å². The van der Waals surface area contributed by atoms with Gasteiger partial charge in [0.2, 0.25) is 27.2 Å². The van der Waals surface area contributed by atoms with E-state index < -0.39 is 92.8 Å². The summed E-state index contributed by atoms with van der Waals surface area (Å²) in [6.45, 7) is 27.1. The summed E-state index contributed by atoms with van der Waals surface area (Å²) < 4.78 is 77.8. The molecule has 0 saturated heterocycles. The molecular formula is C45H78O14P2. The summed E-state index contributed by atoms with van der Waals surface area (Å²) in [4.78, 5) is 49.5. The third-order valence-corrected chi connectivity index (χ3v) is 14.9. The lowest BCUT2D eigenvalue weighted by Gasteiger charge is -2.41. The minimum Gasteiger partial charge on any atom is -0.438 e. The fourth-order valence-electron chi connectivity index (χ4n) is 4.76. The van der Waals surface area contributed by atoms with Crippen molar-refractivity contribution in [3.8, 4) is 0 Å². The zero-order valence-corrected chi connectivity index (χ0v) is 42.3. The Morgan fingerprint density at radius 3 is 0.836 bits per heavy atom. The number of esters is 4. The SMILES string of the molecule is CC(C)=CCC/C(C)=C/CC(C/C=C(\C)CCC=C(C)C)(P(=O)(OCOC(=O)C(C)(C)C)OCOC(=O)C(C)(C)C)P(=O)(OCOC(=O)C(C)(C)C)OCOC(=O)C(C)(C)C. The Hall–Kier alpha value is -2.86. The lowest BCUT2D eigenvalue weighted by molar-refractivity contribution is -0.163. The van der Waals surface area contributed by atoms with Crippen molar-refractivity contribution in [2.75, 3.05) is 27.2 Å². The van der Waals surface area contributed by atoms with Gasteiger partial charge in [-0.2, -0.15) is 0 Å². The van der Waals surface area contributed by atoms with Crippen LogP contribution in [0.25, 0.3) is 0 Å². The highest BCUT2D eigenvalue weighted by Gasteiger charge is 2.65. The number of carbonyl (C=O) groups excluding carboxylic acids is 4. The first-order chi connectivity index (χ1) is 27.6. The van der Waals surface area contributed by atoms with Gasteiger partial charge < -0.3 is 18.9 Å². The van der Waals surface area contributed by atoms with E-state index in [0.29, 0.717) is 25.7 Å². The molecule has 0 aliphatic carbocycles. The van der Waals surface area contributed by atoms with E-state index in [-0.39, 0.29) is 12.8 Å². The standard InChI is InChI=1S/C45H78O14P2/c1-33(2)21-19-23-35(5)25-27-45(28-26-36(6)24-20-22-34(3)4,60(50,56-29-52-37(46)41(7,8)9)57-30-53-38(47)42(10,11)12)61(51,58-31-54-39(48)43(13,14)15)59-32-55-40(49)44(16,17)18/h21-22,25-26H,19-20,23-24,27-32H2,1-18H3/b35-25+,36-26+. The largest absolute Gasteiger partial charge is 0.438 e. The number of rotatable bonds is 24. The maximum Gasteiger partial charge on any atom is 0.355 e. The number of ether oxygens (including phenoxy) is 4. The molecule has 0 rings (SSSR count). The van der Waals surface area contributed by atoms with Crippen LogP contribution in [0.4, 0.5) is 0 Å². The van der Waals surface area contributed by atoms with Crippen molar-refractivity contribution in [1.82, 2.24) is 0 Å². The molecule has 0 aliphatic heterocycles. The van der Waals surface area contributed by atoms with Crippen molar-refractivity contribution in [2.24, 2.45) is 21.7 Å². The first-order valence-electron chi connectivity index (χ1n) is 20.7. The molecule has 0 unspecified atom stereocenters. The summed E-state index contributed by atoms with van der Waals surface area (Å²) in [5.41, 5.74) is -0.200. The van der Waals surface area contributed by atoms with Gasteiger partial charge in [0.1, 0.15) is 0 Å². The van der Waals surface area contributed by atoms with Crippen molar-refractivity contribution < 1.29 is 65.4 Å². The highest BCUT2D eigenvalue weighted by molar-refractivity contribution is 7.74. The van der Waals surface area contributed by atoms with Crippen LogP contribution in [-0.4, -0.2) is 55.9 Å². The number of carbonyl (C=O) groups is 4. The summed E-state index contributed by atoms with van der Waals surface area (Å²) >= 11 is 0. The van der Waals surface area contributed by atoms with Crippen molar-refractivity contribution in [1.29, 1.82) is 0 Å². The lowest BCUT2D eigenvalue weighted by atomic mass is 9.98. The van der Waals surface area contributed by atoms with Gasteiger partial charge in [0.05, 0.1) is 21.7 Å². The second kappa shape index (κ2) is 24.8. The number of hydrogen-bond acceptors (Lipinski definition) is 14. The lowest BCUT2D eigenvalue weighted by Crippen LogP contribution is -2.35. The van der Waals surface area contributed by atoms with E-state index in [4.69, 9.17) is 37.0 Å². The van der Waals surface area contributed by atoms with Crippen LogP contribution < -0.4 is 0 Å². The Kier molecular flexibility index (Phi) is 23.7. The molecule has 0 bridgehead atoms. The van der Waals surface area contributed by atoms with Crippen molar-refractivity contribution in [3.63, 3.8) is 0 Å². The molecule has 0 radical (unpaired) electrons. The Bertz CT molecular complexity index is 1490. The van der Waals surface area contributed by atoms with Gasteiger partial charge >= 0.3 is 39.1 Å². The van der Waals surface area contributed by atoms with Gasteiger partial charge in [-0.15, -0.1) is 0 Å². The first-order valence-corrected chi connectivity index (χ1v) is 23.8. The maximum atomic E-state index is 16.0. The molecule has 0 aliphatic rings. The van der Waals surface area contributed by atoms with E-state index in [0.717, 1.165) is 22.3 Å². The molecule has 352 valence electrons. The molecule has 0 amide bonds. The van der Waals surface area contributed by atoms with Crippen LogP contribution in [0.3, 0.4) is 0 Å². The third-order valence-electron chi connectivity index (χ3n) is 8.86.